The molecule has 0 unspecified atom stereocenters. The number of nitrogens with zero attached hydrogens (tertiary/aromatic N) is 2. The van der Waals surface area contributed by atoms with Crippen molar-refractivity contribution in [3.63, 3.8) is 0 Å². The lowest BCUT2D eigenvalue weighted by molar-refractivity contribution is 0.698. The molecular formula is C13H16N4OS3. The van der Waals surface area contributed by atoms with E-state index in [0.29, 0.717) is 10.3 Å². The fourth-order valence-corrected chi connectivity index (χ4v) is 4.47. The highest BCUT2D eigenvalue weighted by Crippen LogP contribution is 2.34. The predicted molar refractivity (Wildman–Crippen MR) is 93.3 cm³/mol. The van der Waals surface area contributed by atoms with Gasteiger partial charge in [-0.2, -0.15) is 4.68 Å². The largest absolute Gasteiger partial charge is 0.364 e. The molecule has 3 rings (SSSR count). The van der Waals surface area contributed by atoms with Crippen LogP contribution in [0.1, 0.15) is 23.3 Å². The molecule has 0 atom stereocenters. The number of nitrogens with one attached hydrogen (secondary N) is 2. The lowest BCUT2D eigenvalue weighted by Crippen LogP contribution is -2.39. The van der Waals surface area contributed by atoms with Crippen molar-refractivity contribution < 1.29 is 0 Å². The summed E-state index contributed by atoms with van der Waals surface area (Å²) in [5.41, 5.74) is 4.05. The topological polar surface area (TPSA) is 58.9 Å². The van der Waals surface area contributed by atoms with Crippen LogP contribution in [-0.4, -0.2) is 28.1 Å². The number of hydrogen-bond donors (Lipinski definition) is 2. The zero-order valence-corrected chi connectivity index (χ0v) is 14.3. The molecule has 21 heavy (non-hydrogen) atoms. The zero-order chi connectivity index (χ0) is 15.0. The standard InChI is InChI=1S/C13H16N4OS3/c1-14-12(19)16-17-11(18)9-7-5-3-4-6-8(7)21-10(9)15-13(17)20-2/h3-6H2,1-2H3,(H2,14,16,19). The third kappa shape index (κ3) is 2.56. The first-order valence-corrected chi connectivity index (χ1v) is 9.20. The Morgan fingerprint density at radius 1 is 1.43 bits per heavy atom. The smallest absolute Gasteiger partial charge is 0.282 e. The first kappa shape index (κ1) is 14.8. The number of thioether (sulfide) groups is 1. The van der Waals surface area contributed by atoms with Crippen LogP contribution in [0.4, 0.5) is 0 Å². The molecule has 1 aliphatic rings. The van der Waals surface area contributed by atoms with E-state index in [2.05, 4.69) is 15.7 Å². The average Bonchev–Trinajstić information content (AvgIpc) is 2.87. The van der Waals surface area contributed by atoms with Crippen molar-refractivity contribution in [3.8, 4) is 0 Å². The first-order valence-electron chi connectivity index (χ1n) is 6.75. The quantitative estimate of drug-likeness (QED) is 0.496. The Kier molecular flexibility index (Phi) is 4.19. The minimum Gasteiger partial charge on any atom is -0.364 e. The average molecular weight is 340 g/mol. The van der Waals surface area contributed by atoms with Gasteiger partial charge in [0.05, 0.1) is 5.39 Å². The molecule has 5 nitrogen and oxygen atoms in total. The van der Waals surface area contributed by atoms with Gasteiger partial charge in [0, 0.05) is 11.9 Å². The third-order valence-electron chi connectivity index (χ3n) is 3.58. The van der Waals surface area contributed by atoms with Crippen LogP contribution in [0.2, 0.25) is 0 Å². The molecule has 2 heterocycles. The van der Waals surface area contributed by atoms with Gasteiger partial charge < -0.3 is 5.32 Å². The zero-order valence-electron chi connectivity index (χ0n) is 11.9. The number of rotatable bonds is 2. The molecule has 8 heteroatoms. The Labute approximate surface area is 136 Å². The molecule has 0 radical (unpaired) electrons. The highest BCUT2D eigenvalue weighted by molar-refractivity contribution is 7.98. The van der Waals surface area contributed by atoms with Crippen molar-refractivity contribution in [2.75, 3.05) is 18.7 Å². The Balaban J connectivity index is 2.24. The number of thiophene rings is 1. The van der Waals surface area contributed by atoms with E-state index in [-0.39, 0.29) is 5.56 Å². The van der Waals surface area contributed by atoms with E-state index in [1.807, 2.05) is 6.26 Å². The minimum atomic E-state index is -0.0543. The summed E-state index contributed by atoms with van der Waals surface area (Å²) in [6.45, 7) is 0. The van der Waals surface area contributed by atoms with Crippen LogP contribution in [0.25, 0.3) is 10.2 Å². The van der Waals surface area contributed by atoms with Gasteiger partial charge in [-0.15, -0.1) is 11.3 Å². The maximum Gasteiger partial charge on any atom is 0.282 e. The fourth-order valence-electron chi connectivity index (χ4n) is 2.58. The lowest BCUT2D eigenvalue weighted by Gasteiger charge is -2.14. The molecule has 2 N–H and O–H groups in total. The normalized spacial score (nSPS) is 14.0. The molecule has 0 bridgehead atoms. The van der Waals surface area contributed by atoms with E-state index >= 15 is 0 Å². The highest BCUT2D eigenvalue weighted by atomic mass is 32.2. The van der Waals surface area contributed by atoms with Gasteiger partial charge in [-0.05, 0) is 49.7 Å². The number of aryl methyl sites for hydroxylation is 2. The van der Waals surface area contributed by atoms with E-state index in [4.69, 9.17) is 12.2 Å². The van der Waals surface area contributed by atoms with Gasteiger partial charge in [0.25, 0.3) is 5.56 Å². The molecule has 0 aliphatic heterocycles. The third-order valence-corrected chi connectivity index (χ3v) is 5.70. The summed E-state index contributed by atoms with van der Waals surface area (Å²) in [6.07, 6.45) is 6.28. The Bertz CT molecular complexity index is 765. The van der Waals surface area contributed by atoms with Crippen LogP contribution in [0, 0.1) is 0 Å². The summed E-state index contributed by atoms with van der Waals surface area (Å²) >= 11 is 8.21. The maximum absolute atomic E-state index is 12.9. The predicted octanol–water partition coefficient (Wildman–Crippen LogP) is 2.11. The molecule has 0 saturated carbocycles. The monoisotopic (exact) mass is 340 g/mol. The van der Waals surface area contributed by atoms with Crippen LogP contribution < -0.4 is 16.3 Å². The van der Waals surface area contributed by atoms with E-state index in [1.165, 1.54) is 33.3 Å². The second-order valence-corrected chi connectivity index (χ2v) is 7.09. The van der Waals surface area contributed by atoms with Crippen molar-refractivity contribution in [2.24, 2.45) is 0 Å². The van der Waals surface area contributed by atoms with Crippen molar-refractivity contribution in [1.29, 1.82) is 0 Å². The Morgan fingerprint density at radius 2 is 2.19 bits per heavy atom. The molecule has 112 valence electrons. The molecule has 1 aliphatic carbocycles. The van der Waals surface area contributed by atoms with Gasteiger partial charge in [-0.3, -0.25) is 10.2 Å². The lowest BCUT2D eigenvalue weighted by atomic mass is 9.97. The Morgan fingerprint density at radius 3 is 2.90 bits per heavy atom. The number of hydrogen-bond acceptors (Lipinski definition) is 5. The molecule has 0 amide bonds. The maximum atomic E-state index is 12.9. The number of fused-ring (bicyclic) bond motifs is 3. The number of thiocarbonyl (C=S) groups is 1. The summed E-state index contributed by atoms with van der Waals surface area (Å²) in [5, 5.41) is 4.61. The summed E-state index contributed by atoms with van der Waals surface area (Å²) in [6, 6.07) is 0. The summed E-state index contributed by atoms with van der Waals surface area (Å²) in [5.74, 6) is 0. The highest BCUT2D eigenvalue weighted by Gasteiger charge is 2.22. The summed E-state index contributed by atoms with van der Waals surface area (Å²) < 4.78 is 1.45. The molecule has 0 fully saturated rings. The van der Waals surface area contributed by atoms with Gasteiger partial charge >= 0.3 is 0 Å². The van der Waals surface area contributed by atoms with Crippen LogP contribution >= 0.6 is 35.3 Å². The second-order valence-electron chi connectivity index (χ2n) is 4.82. The van der Waals surface area contributed by atoms with E-state index in [1.54, 1.807) is 18.4 Å². The second kappa shape index (κ2) is 5.94. The van der Waals surface area contributed by atoms with Crippen LogP contribution in [0.5, 0.6) is 0 Å². The Hall–Kier alpha value is -1.12. The van der Waals surface area contributed by atoms with Crippen LogP contribution in [0.15, 0.2) is 9.95 Å². The molecule has 0 saturated heterocycles. The van der Waals surface area contributed by atoms with Crippen molar-refractivity contribution in [3.05, 3.63) is 20.8 Å². The molecular weight excluding hydrogens is 324 g/mol. The van der Waals surface area contributed by atoms with Crippen molar-refractivity contribution >= 4 is 50.6 Å². The molecule has 2 aromatic rings. The van der Waals surface area contributed by atoms with Gasteiger partial charge in [-0.1, -0.05) is 11.8 Å². The number of aromatic nitrogens is 2. The minimum absolute atomic E-state index is 0.0543. The van der Waals surface area contributed by atoms with Crippen molar-refractivity contribution in [2.45, 2.75) is 30.8 Å². The van der Waals surface area contributed by atoms with Gasteiger partial charge in [0.2, 0.25) is 0 Å². The van der Waals surface area contributed by atoms with E-state index in [0.717, 1.165) is 29.5 Å². The molecule has 0 spiro atoms. The SMILES string of the molecule is CNC(=S)Nn1c(SC)nc2sc3c(c2c1=O)CCCC3. The molecule has 2 aromatic heterocycles. The van der Waals surface area contributed by atoms with Gasteiger partial charge in [0.1, 0.15) is 4.83 Å². The van der Waals surface area contributed by atoms with Gasteiger partial charge in [-0.25, -0.2) is 4.98 Å². The van der Waals surface area contributed by atoms with Crippen LogP contribution in [-0.2, 0) is 12.8 Å². The fraction of sp³-hybridized carbons (Fsp3) is 0.462. The van der Waals surface area contributed by atoms with Gasteiger partial charge in [0.15, 0.2) is 10.3 Å². The summed E-state index contributed by atoms with van der Waals surface area (Å²) in [7, 11) is 1.72. The molecule has 0 aromatic carbocycles. The van der Waals surface area contributed by atoms with Crippen LogP contribution in [0.3, 0.4) is 0 Å². The summed E-state index contributed by atoms with van der Waals surface area (Å²) in [4.78, 5) is 19.7. The van der Waals surface area contributed by atoms with E-state index in [9.17, 15) is 4.79 Å². The van der Waals surface area contributed by atoms with Crippen molar-refractivity contribution in [1.82, 2.24) is 15.0 Å². The first-order chi connectivity index (χ1) is 10.2. The van der Waals surface area contributed by atoms with E-state index < -0.39 is 0 Å².